The van der Waals surface area contributed by atoms with Gasteiger partial charge in [-0.05, 0) is 31.0 Å². The SMILES string of the molecule is CCCC(Nc1cc(C)cc2ncnn12)C(=O)O. The molecule has 1 unspecified atom stereocenters. The number of aliphatic carboxylic acids is 1. The molecule has 0 bridgehead atoms. The van der Waals surface area contributed by atoms with Crippen molar-refractivity contribution in [3.63, 3.8) is 0 Å². The molecule has 0 spiro atoms. The van der Waals surface area contributed by atoms with Crippen LogP contribution in [0.3, 0.4) is 0 Å². The summed E-state index contributed by atoms with van der Waals surface area (Å²) in [5.74, 6) is -0.199. The molecule has 2 aromatic rings. The highest BCUT2D eigenvalue weighted by Crippen LogP contribution is 2.15. The summed E-state index contributed by atoms with van der Waals surface area (Å²) in [6, 6.07) is 3.16. The van der Waals surface area contributed by atoms with Gasteiger partial charge in [-0.25, -0.2) is 9.78 Å². The van der Waals surface area contributed by atoms with Crippen molar-refractivity contribution in [3.8, 4) is 0 Å². The van der Waals surface area contributed by atoms with Crippen LogP contribution in [0.25, 0.3) is 5.65 Å². The zero-order valence-corrected chi connectivity index (χ0v) is 10.4. The Morgan fingerprint density at radius 1 is 1.56 bits per heavy atom. The first-order chi connectivity index (χ1) is 8.61. The first-order valence-corrected chi connectivity index (χ1v) is 5.91. The lowest BCUT2D eigenvalue weighted by Crippen LogP contribution is -2.30. The molecule has 2 rings (SSSR count). The van der Waals surface area contributed by atoms with E-state index in [9.17, 15) is 4.79 Å². The lowest BCUT2D eigenvalue weighted by Gasteiger charge is -2.15. The molecule has 0 saturated carbocycles. The summed E-state index contributed by atoms with van der Waals surface area (Å²) in [6.45, 7) is 3.90. The number of anilines is 1. The number of carboxylic acid groups (broad SMARTS) is 1. The standard InChI is InChI=1S/C12H16N4O2/c1-3-4-9(12(17)18)15-11-6-8(2)5-10-13-7-14-16(10)11/h5-7,9,15H,3-4H2,1-2H3,(H,17,18). The average molecular weight is 248 g/mol. The van der Waals surface area contributed by atoms with Gasteiger partial charge in [0.25, 0.3) is 0 Å². The minimum Gasteiger partial charge on any atom is -0.480 e. The first kappa shape index (κ1) is 12.3. The van der Waals surface area contributed by atoms with Crippen molar-refractivity contribution in [1.29, 1.82) is 0 Å². The predicted molar refractivity (Wildman–Crippen MR) is 67.7 cm³/mol. The highest BCUT2D eigenvalue weighted by Gasteiger charge is 2.17. The van der Waals surface area contributed by atoms with Crippen LogP contribution in [0.1, 0.15) is 25.3 Å². The van der Waals surface area contributed by atoms with Crippen molar-refractivity contribution in [2.24, 2.45) is 0 Å². The normalized spacial score (nSPS) is 12.6. The molecule has 0 aliphatic rings. The third-order valence-electron chi connectivity index (χ3n) is 2.72. The van der Waals surface area contributed by atoms with E-state index < -0.39 is 12.0 Å². The molecule has 6 nitrogen and oxygen atoms in total. The van der Waals surface area contributed by atoms with Crippen LogP contribution in [0.4, 0.5) is 5.82 Å². The van der Waals surface area contributed by atoms with E-state index in [4.69, 9.17) is 5.11 Å². The molecule has 0 saturated heterocycles. The van der Waals surface area contributed by atoms with Crippen LogP contribution in [0, 0.1) is 6.92 Å². The van der Waals surface area contributed by atoms with Gasteiger partial charge in [-0.2, -0.15) is 9.61 Å². The molecule has 6 heteroatoms. The quantitative estimate of drug-likeness (QED) is 0.842. The molecule has 2 N–H and O–H groups in total. The van der Waals surface area contributed by atoms with Crippen molar-refractivity contribution in [1.82, 2.24) is 14.6 Å². The number of rotatable bonds is 5. The Balaban J connectivity index is 2.34. The Kier molecular flexibility index (Phi) is 3.45. The molecule has 0 aliphatic carbocycles. The van der Waals surface area contributed by atoms with Crippen LogP contribution in [-0.4, -0.2) is 31.7 Å². The maximum atomic E-state index is 11.1. The lowest BCUT2D eigenvalue weighted by atomic mass is 10.1. The third kappa shape index (κ3) is 2.42. The van der Waals surface area contributed by atoms with E-state index in [2.05, 4.69) is 15.4 Å². The lowest BCUT2D eigenvalue weighted by molar-refractivity contribution is -0.138. The number of aromatic nitrogens is 3. The summed E-state index contributed by atoms with van der Waals surface area (Å²) in [4.78, 5) is 15.2. The highest BCUT2D eigenvalue weighted by atomic mass is 16.4. The van der Waals surface area contributed by atoms with Gasteiger partial charge in [-0.3, -0.25) is 0 Å². The molecular weight excluding hydrogens is 232 g/mol. The number of carbonyl (C=O) groups is 1. The number of aryl methyl sites for hydroxylation is 1. The molecule has 1 atom stereocenters. The number of nitrogens with one attached hydrogen (secondary N) is 1. The van der Waals surface area contributed by atoms with Gasteiger partial charge in [0.15, 0.2) is 5.65 Å². The largest absolute Gasteiger partial charge is 0.480 e. The van der Waals surface area contributed by atoms with Gasteiger partial charge in [-0.1, -0.05) is 13.3 Å². The molecule has 2 heterocycles. The number of nitrogens with zero attached hydrogens (tertiary/aromatic N) is 3. The minimum atomic E-state index is -0.855. The second-order valence-electron chi connectivity index (χ2n) is 4.27. The summed E-state index contributed by atoms with van der Waals surface area (Å²) in [5.41, 5.74) is 1.72. The Morgan fingerprint density at radius 2 is 2.33 bits per heavy atom. The Hall–Kier alpha value is -2.11. The first-order valence-electron chi connectivity index (χ1n) is 5.91. The van der Waals surface area contributed by atoms with Gasteiger partial charge in [0, 0.05) is 0 Å². The van der Waals surface area contributed by atoms with Crippen LogP contribution in [-0.2, 0) is 4.79 Å². The van der Waals surface area contributed by atoms with Crippen LogP contribution >= 0.6 is 0 Å². The molecule has 96 valence electrons. The van der Waals surface area contributed by atoms with E-state index in [1.54, 1.807) is 4.52 Å². The predicted octanol–water partition coefficient (Wildman–Crippen LogP) is 1.70. The van der Waals surface area contributed by atoms with Crippen molar-refractivity contribution < 1.29 is 9.90 Å². The zero-order chi connectivity index (χ0) is 13.1. The third-order valence-corrected chi connectivity index (χ3v) is 2.72. The van der Waals surface area contributed by atoms with E-state index in [1.165, 1.54) is 6.33 Å². The fourth-order valence-electron chi connectivity index (χ4n) is 1.88. The highest BCUT2D eigenvalue weighted by molar-refractivity contribution is 5.77. The number of pyridine rings is 1. The van der Waals surface area contributed by atoms with Crippen LogP contribution < -0.4 is 5.32 Å². The molecule has 0 radical (unpaired) electrons. The van der Waals surface area contributed by atoms with E-state index in [0.717, 1.165) is 12.0 Å². The van der Waals surface area contributed by atoms with Crippen LogP contribution in [0.5, 0.6) is 0 Å². The molecular formula is C12H16N4O2. The molecule has 0 aromatic carbocycles. The van der Waals surface area contributed by atoms with Crippen molar-refractivity contribution >= 4 is 17.4 Å². The van der Waals surface area contributed by atoms with Gasteiger partial charge in [0.2, 0.25) is 0 Å². The smallest absolute Gasteiger partial charge is 0.326 e. The van der Waals surface area contributed by atoms with Crippen LogP contribution in [0.15, 0.2) is 18.5 Å². The Labute approximate surface area is 105 Å². The summed E-state index contributed by atoms with van der Waals surface area (Å²) in [7, 11) is 0. The average Bonchev–Trinajstić information content (AvgIpc) is 2.76. The van der Waals surface area contributed by atoms with Crippen molar-refractivity contribution in [3.05, 3.63) is 24.0 Å². The summed E-state index contributed by atoms with van der Waals surface area (Å²) < 4.78 is 1.61. The van der Waals surface area contributed by atoms with Gasteiger partial charge in [-0.15, -0.1) is 0 Å². The van der Waals surface area contributed by atoms with Gasteiger partial charge in [0.1, 0.15) is 18.2 Å². The summed E-state index contributed by atoms with van der Waals surface area (Å²) in [5, 5.41) is 16.2. The van der Waals surface area contributed by atoms with E-state index in [1.807, 2.05) is 26.0 Å². The number of hydrogen-bond donors (Lipinski definition) is 2. The van der Waals surface area contributed by atoms with E-state index in [0.29, 0.717) is 17.9 Å². The second kappa shape index (κ2) is 5.03. The molecule has 0 amide bonds. The second-order valence-corrected chi connectivity index (χ2v) is 4.27. The monoisotopic (exact) mass is 248 g/mol. The molecule has 0 aliphatic heterocycles. The number of hydrogen-bond acceptors (Lipinski definition) is 4. The van der Waals surface area contributed by atoms with Gasteiger partial charge < -0.3 is 10.4 Å². The summed E-state index contributed by atoms with van der Waals surface area (Å²) >= 11 is 0. The maximum Gasteiger partial charge on any atom is 0.326 e. The molecule has 0 fully saturated rings. The van der Waals surface area contributed by atoms with Crippen LogP contribution in [0.2, 0.25) is 0 Å². The van der Waals surface area contributed by atoms with Crippen molar-refractivity contribution in [2.45, 2.75) is 32.7 Å². The minimum absolute atomic E-state index is 0.569. The fourth-order valence-corrected chi connectivity index (χ4v) is 1.88. The fraction of sp³-hybridized carbons (Fsp3) is 0.417. The van der Waals surface area contributed by atoms with Gasteiger partial charge in [0.05, 0.1) is 0 Å². The van der Waals surface area contributed by atoms with E-state index in [-0.39, 0.29) is 0 Å². The van der Waals surface area contributed by atoms with Gasteiger partial charge >= 0.3 is 5.97 Å². The Morgan fingerprint density at radius 3 is 3.00 bits per heavy atom. The maximum absolute atomic E-state index is 11.1. The Bertz CT molecular complexity index is 564. The number of carboxylic acids is 1. The topological polar surface area (TPSA) is 79.5 Å². The zero-order valence-electron chi connectivity index (χ0n) is 10.4. The summed E-state index contributed by atoms with van der Waals surface area (Å²) in [6.07, 6.45) is 2.82. The molecule has 2 aromatic heterocycles. The molecule has 18 heavy (non-hydrogen) atoms. The number of fused-ring (bicyclic) bond motifs is 1. The van der Waals surface area contributed by atoms with Crippen molar-refractivity contribution in [2.75, 3.05) is 5.32 Å². The van der Waals surface area contributed by atoms with E-state index >= 15 is 0 Å².